The zero-order valence-corrected chi connectivity index (χ0v) is 50.3. The Labute approximate surface area is 452 Å². The van der Waals surface area contributed by atoms with Crippen LogP contribution < -0.4 is 67.9 Å². The molecular formula is C54H108Br4N6O2. The quantitative estimate of drug-likeness (QED) is 0.0586. The molecule has 6 heterocycles. The highest BCUT2D eigenvalue weighted by Gasteiger charge is 2.51. The summed E-state index contributed by atoms with van der Waals surface area (Å²) in [5, 5.41) is 0. The Balaban J connectivity index is 0.0000106. The third-order valence-electron chi connectivity index (χ3n) is 17.1. The van der Waals surface area contributed by atoms with Crippen molar-refractivity contribution >= 4 is 11.8 Å². The number of carbonyl (C=O) groups excluding carboxylic acids is 2. The Hall–Kier alpha value is 0.700. The van der Waals surface area contributed by atoms with E-state index >= 15 is 0 Å². The highest BCUT2D eigenvalue weighted by molar-refractivity contribution is 5.77. The lowest BCUT2D eigenvalue weighted by Gasteiger charge is -2.55. The predicted molar refractivity (Wildman–Crippen MR) is 264 cm³/mol. The van der Waals surface area contributed by atoms with Crippen molar-refractivity contribution in [3.05, 3.63) is 0 Å². The zero-order chi connectivity index (χ0) is 44.3. The molecule has 0 unspecified atom stereocenters. The van der Waals surface area contributed by atoms with Gasteiger partial charge in [-0.3, -0.25) is 9.59 Å². The molecule has 4 bridgehead atoms. The molecule has 0 N–H and O–H groups in total. The van der Waals surface area contributed by atoms with Crippen LogP contribution in [0.4, 0.5) is 0 Å². The number of hydrogen-bond donors (Lipinski definition) is 0. The van der Waals surface area contributed by atoms with E-state index in [9.17, 15) is 9.59 Å². The van der Waals surface area contributed by atoms with Crippen molar-refractivity contribution in [2.75, 3.05) is 131 Å². The van der Waals surface area contributed by atoms with Crippen molar-refractivity contribution in [2.45, 2.75) is 207 Å². The normalized spacial score (nSPS) is 23.9. The Morgan fingerprint density at radius 1 is 0.288 bits per heavy atom. The number of amides is 2. The number of unbranched alkanes of at least 4 members (excludes halogenated alkanes) is 23. The van der Waals surface area contributed by atoms with Crippen LogP contribution in [0.3, 0.4) is 0 Å². The summed E-state index contributed by atoms with van der Waals surface area (Å²) in [7, 11) is 0. The van der Waals surface area contributed by atoms with Crippen molar-refractivity contribution in [3.8, 4) is 0 Å². The molecule has 6 rings (SSSR count). The first-order chi connectivity index (χ1) is 30.3. The minimum Gasteiger partial charge on any atom is -1.00 e. The van der Waals surface area contributed by atoms with Crippen molar-refractivity contribution in [1.82, 2.24) is 9.80 Å². The molecule has 66 heavy (non-hydrogen) atoms. The van der Waals surface area contributed by atoms with Gasteiger partial charge in [0.2, 0.25) is 0 Å². The van der Waals surface area contributed by atoms with Gasteiger partial charge in [0.05, 0.1) is 13.1 Å². The molecule has 0 atom stereocenters. The number of quaternary nitrogens is 4. The average molecular weight is 1190 g/mol. The maximum Gasteiger partial charge on any atom is 0.277 e. The highest BCUT2D eigenvalue weighted by Crippen LogP contribution is 2.30. The molecule has 6 aliphatic heterocycles. The lowest BCUT2D eigenvalue weighted by molar-refractivity contribution is -1.08. The van der Waals surface area contributed by atoms with Crippen LogP contribution in [0, 0.1) is 0 Å². The number of rotatable bonds is 39. The van der Waals surface area contributed by atoms with Crippen LogP contribution >= 0.6 is 0 Å². The lowest BCUT2D eigenvalue weighted by Crippen LogP contribution is -3.00. The topological polar surface area (TPSA) is 40.6 Å². The SMILES string of the molecule is CCCCCCCCN(CCCCCCCC)C(=O)C[N+]12CC[N+](CCCCCC[N+]34CC[N+](CC(=O)N(CCCCCCCC)CCCCCCCC)(CC3)CC4)(CC1)CC2.[Br-].[Br-].[Br-].[Br-]. The van der Waals surface area contributed by atoms with Gasteiger partial charge in [-0.05, 0) is 51.4 Å². The number of nitrogens with zero attached hydrogens (tertiary/aromatic N) is 6. The van der Waals surface area contributed by atoms with Crippen LogP contribution in [0.5, 0.6) is 0 Å². The molecule has 6 saturated heterocycles. The third-order valence-corrected chi connectivity index (χ3v) is 17.1. The second-order valence-electron chi connectivity index (χ2n) is 22.1. The summed E-state index contributed by atoms with van der Waals surface area (Å²) in [6, 6.07) is 0. The van der Waals surface area contributed by atoms with Gasteiger partial charge in [-0.1, -0.05) is 156 Å². The Bertz CT molecular complexity index is 1040. The van der Waals surface area contributed by atoms with Crippen LogP contribution in [0.25, 0.3) is 0 Å². The molecule has 6 fully saturated rings. The lowest BCUT2D eigenvalue weighted by atomic mass is 10.0. The van der Waals surface area contributed by atoms with Crippen LogP contribution in [-0.2, 0) is 9.59 Å². The van der Waals surface area contributed by atoms with Gasteiger partial charge in [-0.2, -0.15) is 0 Å². The first-order valence-electron chi connectivity index (χ1n) is 28.2. The standard InChI is InChI=1S/C54H108N6O2.4BrH/c1-5-9-13-17-21-27-33-55(34-28-22-18-14-10-6-2)53(61)51-59-45-39-57(40-46-59,41-47-59)37-31-25-26-32-38-58-42-48-60(49-43-58,50-44-58)52-54(62)56(35-29-23-19-15-11-7-3)36-30-24-20-16-12-8-4;;;;/h5-52H2,1-4H3;4*1H/q+4;;;;/p-4. The minimum atomic E-state index is 0. The van der Waals surface area contributed by atoms with Crippen LogP contribution in [0.1, 0.15) is 207 Å². The Morgan fingerprint density at radius 3 is 0.727 bits per heavy atom. The van der Waals surface area contributed by atoms with E-state index in [1.54, 1.807) is 0 Å². The van der Waals surface area contributed by atoms with E-state index in [4.69, 9.17) is 0 Å². The van der Waals surface area contributed by atoms with Crippen molar-refractivity contribution in [1.29, 1.82) is 0 Å². The molecule has 12 heteroatoms. The summed E-state index contributed by atoms with van der Waals surface area (Å²) in [5.41, 5.74) is 0. The largest absolute Gasteiger partial charge is 1.00 e. The maximum absolute atomic E-state index is 13.9. The van der Waals surface area contributed by atoms with E-state index < -0.39 is 0 Å². The van der Waals surface area contributed by atoms with Gasteiger partial charge < -0.3 is 95.7 Å². The molecule has 0 saturated carbocycles. The van der Waals surface area contributed by atoms with Gasteiger partial charge >= 0.3 is 0 Å². The van der Waals surface area contributed by atoms with Gasteiger partial charge in [-0.15, -0.1) is 0 Å². The molecule has 8 nitrogen and oxygen atoms in total. The maximum atomic E-state index is 13.9. The summed E-state index contributed by atoms with van der Waals surface area (Å²) in [5.74, 6) is 0.926. The number of piperazine rings is 6. The molecule has 6 aliphatic rings. The molecule has 0 aromatic heterocycles. The van der Waals surface area contributed by atoms with Gasteiger partial charge in [0.25, 0.3) is 11.8 Å². The fraction of sp³-hybridized carbons (Fsp3) is 0.963. The van der Waals surface area contributed by atoms with Gasteiger partial charge in [-0.25, -0.2) is 0 Å². The molecule has 0 aliphatic carbocycles. The summed E-state index contributed by atoms with van der Waals surface area (Å²) >= 11 is 0. The van der Waals surface area contributed by atoms with E-state index in [-0.39, 0.29) is 67.9 Å². The van der Waals surface area contributed by atoms with E-state index in [1.807, 2.05) is 0 Å². The second kappa shape index (κ2) is 38.3. The number of halogens is 4. The number of carbonyl (C=O) groups is 2. The van der Waals surface area contributed by atoms with E-state index in [1.165, 1.54) is 280 Å². The van der Waals surface area contributed by atoms with Crippen LogP contribution in [0.2, 0.25) is 0 Å². The fourth-order valence-corrected chi connectivity index (χ4v) is 12.1. The third kappa shape index (κ3) is 24.4. The van der Waals surface area contributed by atoms with E-state index in [2.05, 4.69) is 37.5 Å². The molecule has 0 radical (unpaired) electrons. The van der Waals surface area contributed by atoms with Crippen LogP contribution in [0.15, 0.2) is 0 Å². The average Bonchev–Trinajstić information content (AvgIpc) is 3.29. The smallest absolute Gasteiger partial charge is 0.277 e. The molecule has 394 valence electrons. The second-order valence-corrected chi connectivity index (χ2v) is 22.1. The van der Waals surface area contributed by atoms with Gasteiger partial charge in [0.1, 0.15) is 78.5 Å². The summed E-state index contributed by atoms with van der Waals surface area (Å²) in [6.07, 6.45) is 36.7. The molecular weight excluding hydrogens is 1080 g/mol. The predicted octanol–water partition coefficient (Wildman–Crippen LogP) is -1.02. The van der Waals surface area contributed by atoms with Crippen LogP contribution in [-0.4, -0.2) is 170 Å². The molecule has 0 aromatic carbocycles. The Morgan fingerprint density at radius 2 is 0.485 bits per heavy atom. The monoisotopic (exact) mass is 1190 g/mol. The zero-order valence-electron chi connectivity index (χ0n) is 44.0. The van der Waals surface area contributed by atoms with E-state index in [0.717, 1.165) is 48.2 Å². The summed E-state index contributed by atoms with van der Waals surface area (Å²) in [6.45, 7) is 32.4. The fourth-order valence-electron chi connectivity index (χ4n) is 12.1. The first kappa shape index (κ1) is 66.7. The summed E-state index contributed by atoms with van der Waals surface area (Å²) < 4.78 is 4.82. The van der Waals surface area contributed by atoms with E-state index in [0.29, 0.717) is 11.8 Å². The minimum absolute atomic E-state index is 0. The highest BCUT2D eigenvalue weighted by atomic mass is 79.9. The van der Waals surface area contributed by atoms with Crippen molar-refractivity contribution in [2.24, 2.45) is 0 Å². The van der Waals surface area contributed by atoms with Crippen molar-refractivity contribution < 1.29 is 95.4 Å². The Kier molecular flexibility index (Phi) is 38.7. The number of hydrogen-bond acceptors (Lipinski definition) is 2. The number of fused-ring (bicyclic) bond motifs is 6. The summed E-state index contributed by atoms with van der Waals surface area (Å²) in [4.78, 5) is 32.5. The molecule has 2 amide bonds. The van der Waals surface area contributed by atoms with Gasteiger partial charge in [0.15, 0.2) is 13.1 Å². The molecule has 0 aromatic rings. The molecule has 0 spiro atoms. The van der Waals surface area contributed by atoms with Crippen molar-refractivity contribution in [3.63, 3.8) is 0 Å². The first-order valence-corrected chi connectivity index (χ1v) is 28.2. The van der Waals surface area contributed by atoms with Gasteiger partial charge in [0, 0.05) is 26.2 Å².